The molecule has 120 valence electrons. The quantitative estimate of drug-likeness (QED) is 0.685. The molecule has 0 aliphatic rings. The maximum atomic E-state index is 11.1. The molecule has 0 aliphatic heterocycles. The van der Waals surface area contributed by atoms with Crippen molar-refractivity contribution in [2.75, 3.05) is 6.61 Å². The Balaban J connectivity index is 2.15. The van der Waals surface area contributed by atoms with Gasteiger partial charge in [0.05, 0.1) is 0 Å². The van der Waals surface area contributed by atoms with Gasteiger partial charge in [0.1, 0.15) is 6.61 Å². The minimum atomic E-state index is -0.248. The lowest BCUT2D eigenvalue weighted by atomic mass is 10.0. The summed E-state index contributed by atoms with van der Waals surface area (Å²) >= 11 is 0. The molecule has 0 atom stereocenters. The highest BCUT2D eigenvalue weighted by Gasteiger charge is 2.03. The average Bonchev–Trinajstić information content (AvgIpc) is 2.55. The zero-order valence-electron chi connectivity index (χ0n) is 13.9. The molecule has 0 saturated heterocycles. The van der Waals surface area contributed by atoms with Crippen molar-refractivity contribution in [3.63, 3.8) is 0 Å². The summed E-state index contributed by atoms with van der Waals surface area (Å²) in [6.45, 7) is 3.96. The highest BCUT2D eigenvalue weighted by atomic mass is 16.5. The average molecular weight is 308 g/mol. The minimum Gasteiger partial charge on any atom is -0.461 e. The van der Waals surface area contributed by atoms with Crippen LogP contribution < -0.4 is 0 Å². The first-order valence-electron chi connectivity index (χ1n) is 8.13. The molecule has 0 saturated carbocycles. The molecule has 0 aromatic heterocycles. The molecule has 0 aliphatic carbocycles. The standard InChI is InChI=1S/C21H24O2/c1-3-7-18-10-12-20(13-11-18)15-21(16-23-17(2)22)14-19-8-5-4-6-9-19/h4-6,8-13,15H,3,7,14,16H2,1-2H3/b21-15-. The summed E-state index contributed by atoms with van der Waals surface area (Å²) in [5.74, 6) is -0.248. The topological polar surface area (TPSA) is 26.3 Å². The van der Waals surface area contributed by atoms with E-state index in [-0.39, 0.29) is 5.97 Å². The summed E-state index contributed by atoms with van der Waals surface area (Å²) in [7, 11) is 0. The Morgan fingerprint density at radius 3 is 2.30 bits per heavy atom. The molecule has 0 amide bonds. The molecule has 0 bridgehead atoms. The molecule has 0 fully saturated rings. The molecule has 2 aromatic rings. The van der Waals surface area contributed by atoms with Crippen molar-refractivity contribution in [2.24, 2.45) is 0 Å². The Morgan fingerprint density at radius 2 is 1.70 bits per heavy atom. The van der Waals surface area contributed by atoms with Crippen LogP contribution in [0, 0.1) is 0 Å². The molecule has 2 rings (SSSR count). The van der Waals surface area contributed by atoms with Crippen molar-refractivity contribution in [3.8, 4) is 0 Å². The van der Waals surface area contributed by atoms with Crippen LogP contribution in [-0.2, 0) is 22.4 Å². The molecule has 0 spiro atoms. The third-order valence-electron chi connectivity index (χ3n) is 3.62. The Hall–Kier alpha value is -2.35. The monoisotopic (exact) mass is 308 g/mol. The van der Waals surface area contributed by atoms with E-state index in [2.05, 4.69) is 49.4 Å². The van der Waals surface area contributed by atoms with Crippen molar-refractivity contribution in [1.82, 2.24) is 0 Å². The van der Waals surface area contributed by atoms with Crippen LogP contribution in [0.3, 0.4) is 0 Å². The van der Waals surface area contributed by atoms with Gasteiger partial charge in [-0.2, -0.15) is 0 Å². The number of ether oxygens (including phenoxy) is 1. The number of hydrogen-bond donors (Lipinski definition) is 0. The van der Waals surface area contributed by atoms with Crippen molar-refractivity contribution in [3.05, 3.63) is 76.9 Å². The maximum absolute atomic E-state index is 11.1. The zero-order chi connectivity index (χ0) is 16.5. The largest absolute Gasteiger partial charge is 0.461 e. The van der Waals surface area contributed by atoms with E-state index < -0.39 is 0 Å². The van der Waals surface area contributed by atoms with E-state index in [1.165, 1.54) is 18.1 Å². The van der Waals surface area contributed by atoms with Gasteiger partial charge in [0, 0.05) is 6.92 Å². The fourth-order valence-corrected chi connectivity index (χ4v) is 2.50. The summed E-state index contributed by atoms with van der Waals surface area (Å²) in [6.07, 6.45) is 5.16. The summed E-state index contributed by atoms with van der Waals surface area (Å²) in [6, 6.07) is 18.8. The predicted octanol–water partition coefficient (Wildman–Crippen LogP) is 4.83. The number of aryl methyl sites for hydroxylation is 1. The van der Waals surface area contributed by atoms with Crippen LogP contribution in [0.1, 0.15) is 37.0 Å². The van der Waals surface area contributed by atoms with Crippen LogP contribution in [0.15, 0.2) is 60.2 Å². The van der Waals surface area contributed by atoms with Crippen molar-refractivity contribution in [2.45, 2.75) is 33.1 Å². The normalized spacial score (nSPS) is 11.3. The lowest BCUT2D eigenvalue weighted by molar-refractivity contribution is -0.139. The van der Waals surface area contributed by atoms with E-state index in [9.17, 15) is 4.79 Å². The molecule has 23 heavy (non-hydrogen) atoms. The molecule has 2 aromatic carbocycles. The Kier molecular flexibility index (Phi) is 6.61. The summed E-state index contributed by atoms with van der Waals surface area (Å²) in [5, 5.41) is 0. The van der Waals surface area contributed by atoms with Crippen LogP contribution in [0.2, 0.25) is 0 Å². The van der Waals surface area contributed by atoms with Crippen LogP contribution in [0.25, 0.3) is 6.08 Å². The van der Waals surface area contributed by atoms with E-state index in [4.69, 9.17) is 4.74 Å². The maximum Gasteiger partial charge on any atom is 0.302 e. The van der Waals surface area contributed by atoms with Gasteiger partial charge >= 0.3 is 5.97 Å². The van der Waals surface area contributed by atoms with Crippen molar-refractivity contribution < 1.29 is 9.53 Å². The Labute approximate surface area is 138 Å². The molecule has 0 heterocycles. The van der Waals surface area contributed by atoms with Gasteiger partial charge in [0.25, 0.3) is 0 Å². The van der Waals surface area contributed by atoms with Crippen LogP contribution in [-0.4, -0.2) is 12.6 Å². The van der Waals surface area contributed by atoms with E-state index in [1.54, 1.807) is 0 Å². The van der Waals surface area contributed by atoms with E-state index in [0.717, 1.165) is 30.4 Å². The highest BCUT2D eigenvalue weighted by molar-refractivity contribution is 5.66. The first-order chi connectivity index (χ1) is 11.2. The number of benzene rings is 2. The Bertz CT molecular complexity index is 639. The van der Waals surface area contributed by atoms with Gasteiger partial charge in [-0.25, -0.2) is 0 Å². The molecule has 0 unspecified atom stereocenters. The van der Waals surface area contributed by atoms with Gasteiger partial charge in [-0.15, -0.1) is 0 Å². The van der Waals surface area contributed by atoms with Gasteiger partial charge in [-0.3, -0.25) is 4.79 Å². The Morgan fingerprint density at radius 1 is 1.00 bits per heavy atom. The number of hydrogen-bond acceptors (Lipinski definition) is 2. The smallest absolute Gasteiger partial charge is 0.302 e. The second-order valence-electron chi connectivity index (χ2n) is 5.74. The van der Waals surface area contributed by atoms with Crippen molar-refractivity contribution in [1.29, 1.82) is 0 Å². The van der Waals surface area contributed by atoms with Crippen molar-refractivity contribution >= 4 is 12.0 Å². The van der Waals surface area contributed by atoms with Gasteiger partial charge in [-0.05, 0) is 35.1 Å². The fourth-order valence-electron chi connectivity index (χ4n) is 2.50. The van der Waals surface area contributed by atoms with Crippen LogP contribution >= 0.6 is 0 Å². The fraction of sp³-hybridized carbons (Fsp3) is 0.286. The van der Waals surface area contributed by atoms with E-state index >= 15 is 0 Å². The second-order valence-corrected chi connectivity index (χ2v) is 5.74. The summed E-state index contributed by atoms with van der Waals surface area (Å²) in [4.78, 5) is 11.1. The number of carbonyl (C=O) groups excluding carboxylic acids is 1. The third kappa shape index (κ3) is 6.11. The van der Waals surface area contributed by atoms with Crippen LogP contribution in [0.5, 0.6) is 0 Å². The SMILES string of the molecule is CCCc1ccc(/C=C(\COC(C)=O)Cc2ccccc2)cc1. The molecule has 2 nitrogen and oxygen atoms in total. The van der Waals surface area contributed by atoms with E-state index in [1.807, 2.05) is 18.2 Å². The van der Waals surface area contributed by atoms with Gasteiger partial charge < -0.3 is 4.74 Å². The third-order valence-corrected chi connectivity index (χ3v) is 3.62. The number of rotatable bonds is 7. The highest BCUT2D eigenvalue weighted by Crippen LogP contribution is 2.15. The molecule has 0 N–H and O–H groups in total. The van der Waals surface area contributed by atoms with Crippen LogP contribution in [0.4, 0.5) is 0 Å². The second kappa shape index (κ2) is 8.94. The predicted molar refractivity (Wildman–Crippen MR) is 95.2 cm³/mol. The summed E-state index contributed by atoms with van der Waals surface area (Å²) < 4.78 is 5.20. The number of esters is 1. The molecular weight excluding hydrogens is 284 g/mol. The molecule has 0 radical (unpaired) electrons. The molecule has 2 heteroatoms. The number of carbonyl (C=O) groups is 1. The minimum absolute atomic E-state index is 0.248. The zero-order valence-corrected chi connectivity index (χ0v) is 13.9. The molecular formula is C21H24O2. The van der Waals surface area contributed by atoms with E-state index in [0.29, 0.717) is 6.61 Å². The lowest BCUT2D eigenvalue weighted by Crippen LogP contribution is -2.05. The van der Waals surface area contributed by atoms with Gasteiger partial charge in [0.15, 0.2) is 0 Å². The lowest BCUT2D eigenvalue weighted by Gasteiger charge is -2.09. The summed E-state index contributed by atoms with van der Waals surface area (Å²) in [5.41, 5.74) is 4.81. The van der Waals surface area contributed by atoms with Gasteiger partial charge in [-0.1, -0.05) is 74.0 Å². The first kappa shape index (κ1) is 17.0. The van der Waals surface area contributed by atoms with Gasteiger partial charge in [0.2, 0.25) is 0 Å². The first-order valence-corrected chi connectivity index (χ1v) is 8.13.